The van der Waals surface area contributed by atoms with Crippen LogP contribution in [0.4, 0.5) is 4.39 Å². The number of hydrogen-bond acceptors (Lipinski definition) is 4. The number of aliphatic carboxylic acids is 1. The van der Waals surface area contributed by atoms with Crippen molar-refractivity contribution in [1.29, 1.82) is 0 Å². The first-order valence-corrected chi connectivity index (χ1v) is 7.16. The fraction of sp³-hybridized carbons (Fsp3) is 0.385. The van der Waals surface area contributed by atoms with Gasteiger partial charge in [0.2, 0.25) is 0 Å². The second-order valence-electron chi connectivity index (χ2n) is 4.42. The van der Waals surface area contributed by atoms with Gasteiger partial charge in [-0.05, 0) is 24.6 Å². The Balaban J connectivity index is 2.38. The van der Waals surface area contributed by atoms with Gasteiger partial charge in [0.1, 0.15) is 17.6 Å². The Morgan fingerprint density at radius 2 is 2.20 bits per heavy atom. The molecule has 7 heteroatoms. The van der Waals surface area contributed by atoms with Gasteiger partial charge in [-0.25, -0.2) is 9.18 Å². The quantitative estimate of drug-likeness (QED) is 0.891. The SMILES string of the molecule is CCC1SCC(C(=O)O)N1C(=O)c1cc(F)ccc1O. The van der Waals surface area contributed by atoms with Crippen LogP contribution in [0, 0.1) is 5.82 Å². The highest BCUT2D eigenvalue weighted by Crippen LogP contribution is 2.34. The number of carboxylic acids is 1. The molecule has 2 N–H and O–H groups in total. The maximum atomic E-state index is 13.2. The summed E-state index contributed by atoms with van der Waals surface area (Å²) in [5, 5.41) is 18.6. The number of rotatable bonds is 3. The number of nitrogens with zero attached hydrogens (tertiary/aromatic N) is 1. The number of phenolic OH excluding ortho intramolecular Hbond substituents is 1. The number of thioether (sulfide) groups is 1. The van der Waals surface area contributed by atoms with E-state index in [4.69, 9.17) is 0 Å². The third kappa shape index (κ3) is 2.58. The first-order valence-electron chi connectivity index (χ1n) is 6.11. The maximum absolute atomic E-state index is 13.2. The molecular weight excluding hydrogens is 285 g/mol. The largest absolute Gasteiger partial charge is 0.507 e. The van der Waals surface area contributed by atoms with Gasteiger partial charge in [-0.3, -0.25) is 4.79 Å². The van der Waals surface area contributed by atoms with Crippen molar-refractivity contribution in [2.75, 3.05) is 5.75 Å². The summed E-state index contributed by atoms with van der Waals surface area (Å²) < 4.78 is 13.2. The summed E-state index contributed by atoms with van der Waals surface area (Å²) in [5.74, 6) is -2.48. The monoisotopic (exact) mass is 299 g/mol. The lowest BCUT2D eigenvalue weighted by atomic mass is 10.1. The van der Waals surface area contributed by atoms with E-state index < -0.39 is 23.7 Å². The van der Waals surface area contributed by atoms with Crippen LogP contribution in [0.2, 0.25) is 0 Å². The van der Waals surface area contributed by atoms with Crippen LogP contribution in [-0.4, -0.2) is 44.2 Å². The number of phenols is 1. The molecule has 2 unspecified atom stereocenters. The van der Waals surface area contributed by atoms with Crippen molar-refractivity contribution in [2.45, 2.75) is 24.8 Å². The number of carbonyl (C=O) groups excluding carboxylic acids is 1. The predicted octanol–water partition coefficient (Wildman–Crippen LogP) is 1.91. The maximum Gasteiger partial charge on any atom is 0.327 e. The van der Waals surface area contributed by atoms with E-state index in [9.17, 15) is 24.2 Å². The van der Waals surface area contributed by atoms with Crippen LogP contribution in [0.3, 0.4) is 0 Å². The molecule has 20 heavy (non-hydrogen) atoms. The fourth-order valence-corrected chi connectivity index (χ4v) is 3.51. The number of halogens is 1. The van der Waals surface area contributed by atoms with Gasteiger partial charge in [0, 0.05) is 5.75 Å². The number of carbonyl (C=O) groups is 2. The first kappa shape index (κ1) is 14.6. The molecule has 1 aromatic rings. The molecule has 2 atom stereocenters. The zero-order valence-corrected chi connectivity index (χ0v) is 11.6. The molecule has 0 saturated carbocycles. The highest BCUT2D eigenvalue weighted by atomic mass is 32.2. The van der Waals surface area contributed by atoms with E-state index in [1.807, 2.05) is 6.92 Å². The van der Waals surface area contributed by atoms with Crippen molar-refractivity contribution in [3.63, 3.8) is 0 Å². The fourth-order valence-electron chi connectivity index (χ4n) is 2.16. The Bertz CT molecular complexity index is 551. The summed E-state index contributed by atoms with van der Waals surface area (Å²) in [6.07, 6.45) is 0.580. The van der Waals surface area contributed by atoms with Gasteiger partial charge in [-0.2, -0.15) is 0 Å². The number of aromatic hydroxyl groups is 1. The lowest BCUT2D eigenvalue weighted by Gasteiger charge is -2.26. The Labute approximate surface area is 119 Å². The standard InChI is InChI=1S/C13H14FNO4S/c1-2-11-15(9(6-20-11)13(18)19)12(17)8-5-7(14)3-4-10(8)16/h3-5,9,11,16H,2,6H2,1H3,(H,18,19). The van der Waals surface area contributed by atoms with E-state index in [1.165, 1.54) is 16.7 Å². The molecule has 5 nitrogen and oxygen atoms in total. The average Bonchev–Trinajstić information content (AvgIpc) is 2.84. The summed E-state index contributed by atoms with van der Waals surface area (Å²) in [7, 11) is 0. The highest BCUT2D eigenvalue weighted by molar-refractivity contribution is 8.00. The summed E-state index contributed by atoms with van der Waals surface area (Å²) in [5.41, 5.74) is -0.211. The number of hydrogen-bond donors (Lipinski definition) is 2. The summed E-state index contributed by atoms with van der Waals surface area (Å²) >= 11 is 1.37. The third-order valence-electron chi connectivity index (χ3n) is 3.15. The molecule has 0 radical (unpaired) electrons. The van der Waals surface area contributed by atoms with Gasteiger partial charge in [0.25, 0.3) is 5.91 Å². The van der Waals surface area contributed by atoms with Crippen LogP contribution in [-0.2, 0) is 4.79 Å². The molecule has 1 aliphatic heterocycles. The minimum Gasteiger partial charge on any atom is -0.507 e. The molecule has 108 valence electrons. The van der Waals surface area contributed by atoms with Gasteiger partial charge in [0.05, 0.1) is 10.9 Å². The molecule has 1 amide bonds. The van der Waals surface area contributed by atoms with Crippen LogP contribution >= 0.6 is 11.8 Å². The molecule has 0 spiro atoms. The summed E-state index contributed by atoms with van der Waals surface area (Å²) in [6, 6.07) is 2.09. The third-order valence-corrected chi connectivity index (χ3v) is 4.60. The van der Waals surface area contributed by atoms with Gasteiger partial charge in [0.15, 0.2) is 0 Å². The van der Waals surface area contributed by atoms with E-state index >= 15 is 0 Å². The van der Waals surface area contributed by atoms with E-state index in [-0.39, 0.29) is 22.4 Å². The van der Waals surface area contributed by atoms with Crippen molar-refractivity contribution in [1.82, 2.24) is 4.90 Å². The van der Waals surface area contributed by atoms with Crippen LogP contribution in [0.25, 0.3) is 0 Å². The molecule has 0 aliphatic carbocycles. The zero-order valence-electron chi connectivity index (χ0n) is 10.7. The molecule has 1 aliphatic rings. The van der Waals surface area contributed by atoms with Gasteiger partial charge >= 0.3 is 5.97 Å². The normalized spacial score (nSPS) is 22.0. The number of benzene rings is 1. The molecule has 0 aromatic heterocycles. The van der Waals surface area contributed by atoms with Crippen LogP contribution in [0.5, 0.6) is 5.75 Å². The van der Waals surface area contributed by atoms with Crippen molar-refractivity contribution in [2.24, 2.45) is 0 Å². The van der Waals surface area contributed by atoms with Gasteiger partial charge < -0.3 is 15.1 Å². The Morgan fingerprint density at radius 3 is 2.80 bits per heavy atom. The van der Waals surface area contributed by atoms with Crippen molar-refractivity contribution in [3.05, 3.63) is 29.6 Å². The van der Waals surface area contributed by atoms with Crippen LogP contribution in [0.15, 0.2) is 18.2 Å². The second kappa shape index (κ2) is 5.70. The van der Waals surface area contributed by atoms with E-state index in [1.54, 1.807) is 0 Å². The number of amides is 1. The summed E-state index contributed by atoms with van der Waals surface area (Å²) in [6.45, 7) is 1.84. The first-order chi connectivity index (χ1) is 9.45. The van der Waals surface area contributed by atoms with Crippen LogP contribution in [0.1, 0.15) is 23.7 Å². The molecule has 0 bridgehead atoms. The Morgan fingerprint density at radius 1 is 1.50 bits per heavy atom. The van der Waals surface area contributed by atoms with Gasteiger partial charge in [-0.15, -0.1) is 11.8 Å². The topological polar surface area (TPSA) is 77.8 Å². The predicted molar refractivity (Wildman–Crippen MR) is 72.2 cm³/mol. The van der Waals surface area contributed by atoms with E-state index in [0.717, 1.165) is 18.2 Å². The van der Waals surface area contributed by atoms with Crippen molar-refractivity contribution in [3.8, 4) is 5.75 Å². The highest BCUT2D eigenvalue weighted by Gasteiger charge is 2.41. The average molecular weight is 299 g/mol. The lowest BCUT2D eigenvalue weighted by Crippen LogP contribution is -2.45. The summed E-state index contributed by atoms with van der Waals surface area (Å²) in [4.78, 5) is 24.9. The van der Waals surface area contributed by atoms with E-state index in [2.05, 4.69) is 0 Å². The Kier molecular flexibility index (Phi) is 4.17. The molecule has 1 aromatic carbocycles. The van der Waals surface area contributed by atoms with Gasteiger partial charge in [-0.1, -0.05) is 6.92 Å². The number of carboxylic acid groups (broad SMARTS) is 1. The zero-order chi connectivity index (χ0) is 14.9. The minimum atomic E-state index is -1.10. The Hall–Kier alpha value is -1.76. The lowest BCUT2D eigenvalue weighted by molar-refractivity contribution is -0.141. The molecule has 2 rings (SSSR count). The molecular formula is C13H14FNO4S. The van der Waals surface area contributed by atoms with Crippen molar-refractivity contribution >= 4 is 23.6 Å². The minimum absolute atomic E-state index is 0.211. The van der Waals surface area contributed by atoms with Crippen molar-refractivity contribution < 1.29 is 24.2 Å². The second-order valence-corrected chi connectivity index (χ2v) is 5.63. The molecule has 1 fully saturated rings. The van der Waals surface area contributed by atoms with Crippen LogP contribution < -0.4 is 0 Å². The molecule has 1 heterocycles. The van der Waals surface area contributed by atoms with E-state index in [0.29, 0.717) is 6.42 Å². The smallest absolute Gasteiger partial charge is 0.327 e. The molecule has 1 saturated heterocycles.